The lowest BCUT2D eigenvalue weighted by Crippen LogP contribution is -2.24. The second kappa shape index (κ2) is 12.3. The van der Waals surface area contributed by atoms with E-state index in [1.807, 2.05) is 0 Å². The highest BCUT2D eigenvalue weighted by Gasteiger charge is 2.46. The molecule has 312 valence electrons. The first kappa shape index (κ1) is 35.0. The molecule has 6 atom stereocenters. The van der Waals surface area contributed by atoms with Crippen molar-refractivity contribution in [2.45, 2.75) is 74.0 Å². The summed E-state index contributed by atoms with van der Waals surface area (Å²) in [6.45, 7) is 0. The Morgan fingerprint density at radius 3 is 0.924 bits per heavy atom. The first-order valence-corrected chi connectivity index (χ1v) is 24.5. The van der Waals surface area contributed by atoms with Crippen LogP contribution in [0.1, 0.15) is 141 Å². The van der Waals surface area contributed by atoms with E-state index < -0.39 is 0 Å². The van der Waals surface area contributed by atoms with Gasteiger partial charge in [0.15, 0.2) is 0 Å². The van der Waals surface area contributed by atoms with Crippen molar-refractivity contribution < 1.29 is 0 Å². The zero-order valence-electron chi connectivity index (χ0n) is 36.5. The largest absolute Gasteiger partial charge is 0.355 e. The molecule has 9 aromatic rings. The molecular formula is C62H44N4. The molecule has 0 fully saturated rings. The van der Waals surface area contributed by atoms with Gasteiger partial charge in [-0.2, -0.15) is 0 Å². The van der Waals surface area contributed by atoms with Gasteiger partial charge < -0.3 is 9.97 Å². The molecule has 3 aromatic heterocycles. The summed E-state index contributed by atoms with van der Waals surface area (Å²) in [5.74, 6) is 1.90. The van der Waals surface area contributed by atoms with E-state index in [2.05, 4.69) is 156 Å². The molecule has 6 aromatic carbocycles. The van der Waals surface area contributed by atoms with Gasteiger partial charge in [-0.15, -0.1) is 0 Å². The Bertz CT molecular complexity index is 3750. The van der Waals surface area contributed by atoms with Crippen LogP contribution in [-0.2, 0) is 0 Å². The van der Waals surface area contributed by atoms with E-state index >= 15 is 0 Å². The molecule has 0 radical (unpaired) electrons. The highest BCUT2D eigenvalue weighted by molar-refractivity contribution is 6.05. The van der Waals surface area contributed by atoms with Crippen LogP contribution in [0.15, 0.2) is 146 Å². The van der Waals surface area contributed by atoms with Crippen LogP contribution in [0.5, 0.6) is 0 Å². The SMILES string of the molecule is c1ccc2cc3c(cc2c1)C1CCC3C2=C1c1cc3ccc(cc4nc(cc5[nH]c(cc2n1)c1c5C2CCC1c1cc5ccccc5cc12)C1=C4C2CCC1c1cc4ccccc4cc12)[nH]3. The predicted octanol–water partition coefficient (Wildman–Crippen LogP) is 15.3. The molecule has 0 amide bonds. The van der Waals surface area contributed by atoms with Crippen LogP contribution < -0.4 is 0 Å². The molecule has 0 spiro atoms. The molecule has 5 heterocycles. The summed E-state index contributed by atoms with van der Waals surface area (Å²) in [5, 5.41) is 8.01. The van der Waals surface area contributed by atoms with Crippen LogP contribution in [0.25, 0.3) is 76.7 Å². The minimum Gasteiger partial charge on any atom is -0.355 e. The van der Waals surface area contributed by atoms with E-state index in [1.165, 1.54) is 110 Å². The van der Waals surface area contributed by atoms with Crippen molar-refractivity contribution in [3.05, 3.63) is 213 Å². The van der Waals surface area contributed by atoms with Crippen LogP contribution in [-0.4, -0.2) is 19.9 Å². The number of H-pyrrole nitrogens is 2. The summed E-state index contributed by atoms with van der Waals surface area (Å²) in [4.78, 5) is 19.6. The number of nitrogens with one attached hydrogen (secondary N) is 2. The van der Waals surface area contributed by atoms with Crippen LogP contribution in [0.3, 0.4) is 0 Å². The smallest absolute Gasteiger partial charge is 0.0699 e. The van der Waals surface area contributed by atoms with E-state index in [0.29, 0.717) is 35.5 Å². The molecule has 11 aliphatic rings. The molecular weight excluding hydrogens is 801 g/mol. The van der Waals surface area contributed by atoms with E-state index in [0.717, 1.165) is 72.3 Å². The van der Waals surface area contributed by atoms with Crippen molar-refractivity contribution in [2.24, 2.45) is 0 Å². The molecule has 4 nitrogen and oxygen atoms in total. The number of aromatic amines is 2. The summed E-state index contributed by atoms with van der Waals surface area (Å²) >= 11 is 0. The van der Waals surface area contributed by atoms with Gasteiger partial charge in [0.2, 0.25) is 0 Å². The highest BCUT2D eigenvalue weighted by atomic mass is 14.8. The number of aromatic nitrogens is 4. The summed E-state index contributed by atoms with van der Waals surface area (Å²) in [6.07, 6.45) is 6.93. The molecule has 2 aliphatic heterocycles. The van der Waals surface area contributed by atoms with Gasteiger partial charge in [-0.3, -0.25) is 0 Å². The molecule has 2 N–H and O–H groups in total. The van der Waals surface area contributed by atoms with Gasteiger partial charge in [0.05, 0.1) is 22.8 Å². The molecule has 6 unspecified atom stereocenters. The Labute approximate surface area is 381 Å². The first-order chi connectivity index (χ1) is 32.6. The van der Waals surface area contributed by atoms with Crippen molar-refractivity contribution in [3.63, 3.8) is 0 Å². The van der Waals surface area contributed by atoms with Crippen molar-refractivity contribution in [3.8, 4) is 0 Å². The summed E-state index contributed by atoms with van der Waals surface area (Å²) in [6, 6.07) is 56.0. The number of hydrogen-bond donors (Lipinski definition) is 2. The third-order valence-corrected chi connectivity index (χ3v) is 17.6. The average Bonchev–Trinajstić information content (AvgIpc) is 4.15. The first-order valence-electron chi connectivity index (χ1n) is 24.5. The minimum absolute atomic E-state index is 0.314. The number of nitrogens with zero attached hydrogens (tertiary/aromatic N) is 2. The lowest BCUT2D eigenvalue weighted by Gasteiger charge is -2.40. The number of fused-ring (bicyclic) bond motifs is 14. The third-order valence-electron chi connectivity index (χ3n) is 17.6. The maximum atomic E-state index is 5.74. The summed E-state index contributed by atoms with van der Waals surface area (Å²) in [5.41, 5.74) is 26.9. The number of hydrogen-bond acceptors (Lipinski definition) is 2. The van der Waals surface area contributed by atoms with Crippen molar-refractivity contribution in [1.29, 1.82) is 0 Å². The van der Waals surface area contributed by atoms with Gasteiger partial charge in [-0.05, 0) is 174 Å². The van der Waals surface area contributed by atoms with E-state index in [-0.39, 0.29) is 0 Å². The van der Waals surface area contributed by atoms with Gasteiger partial charge in [0.25, 0.3) is 0 Å². The maximum Gasteiger partial charge on any atom is 0.0699 e. The second-order valence-electron chi connectivity index (χ2n) is 20.7. The molecule has 66 heavy (non-hydrogen) atoms. The number of benzene rings is 6. The topological polar surface area (TPSA) is 57.4 Å². The lowest BCUT2D eigenvalue weighted by molar-refractivity contribution is 0.528. The lowest BCUT2D eigenvalue weighted by atomic mass is 9.62. The molecule has 0 saturated carbocycles. The Morgan fingerprint density at radius 1 is 0.303 bits per heavy atom. The van der Waals surface area contributed by atoms with Gasteiger partial charge in [-0.25, -0.2) is 9.97 Å². The minimum atomic E-state index is 0.314. The fraction of sp³-hybridized carbons (Fsp3) is 0.194. The Morgan fingerprint density at radius 2 is 0.591 bits per heavy atom. The van der Waals surface area contributed by atoms with Crippen molar-refractivity contribution in [2.75, 3.05) is 0 Å². The van der Waals surface area contributed by atoms with Gasteiger partial charge >= 0.3 is 0 Å². The highest BCUT2D eigenvalue weighted by Crippen LogP contribution is 2.63. The van der Waals surface area contributed by atoms with Crippen LogP contribution in [0.4, 0.5) is 0 Å². The summed E-state index contributed by atoms with van der Waals surface area (Å²) in [7, 11) is 0. The Hall–Kier alpha value is -7.30. The number of rotatable bonds is 0. The molecule has 14 bridgehead atoms. The van der Waals surface area contributed by atoms with E-state index in [4.69, 9.17) is 9.97 Å². The molecule has 0 saturated heterocycles. The fourth-order valence-electron chi connectivity index (χ4n) is 15.0. The Kier molecular flexibility index (Phi) is 6.54. The van der Waals surface area contributed by atoms with Crippen molar-refractivity contribution in [1.82, 2.24) is 19.9 Å². The van der Waals surface area contributed by atoms with Crippen molar-refractivity contribution >= 4 is 76.7 Å². The molecule has 20 rings (SSSR count). The summed E-state index contributed by atoms with van der Waals surface area (Å²) < 4.78 is 0. The maximum absolute atomic E-state index is 5.74. The van der Waals surface area contributed by atoms with Crippen LogP contribution >= 0.6 is 0 Å². The van der Waals surface area contributed by atoms with Gasteiger partial charge in [0, 0.05) is 57.6 Å². The standard InChI is InChI=1S/C62H44N4/c1-3-9-33-23-47-41-17-15-39(45(47)21-31(33)7-1)57-51-27-37-13-14-38(63-37)28-52-58-40-16-18-42(48-24-34-10-4-2-8-32(34)22-46(40)48)60(58)54(65-52)30-56-62-44-20-19-43(61(62)55(66-56)29-53(64-51)59(41)57)49-25-35-11-5-6-12-36(35)26-50(44)49/h1-14,21-30,39-44,63,66H,15-20H2. The molecule has 9 aliphatic carbocycles. The normalized spacial score (nSPS) is 23.6. The number of allylic oxidation sites excluding steroid dienone is 4. The zero-order chi connectivity index (χ0) is 42.5. The van der Waals surface area contributed by atoms with Crippen LogP contribution in [0, 0.1) is 0 Å². The monoisotopic (exact) mass is 844 g/mol. The van der Waals surface area contributed by atoms with Gasteiger partial charge in [-0.1, -0.05) is 109 Å². The predicted molar refractivity (Wildman–Crippen MR) is 269 cm³/mol. The van der Waals surface area contributed by atoms with E-state index in [1.54, 1.807) is 0 Å². The Balaban J connectivity index is 0.961. The second-order valence-corrected chi connectivity index (χ2v) is 20.7. The average molecular weight is 845 g/mol. The van der Waals surface area contributed by atoms with E-state index in [9.17, 15) is 0 Å². The van der Waals surface area contributed by atoms with Crippen LogP contribution in [0.2, 0.25) is 0 Å². The quantitative estimate of drug-likeness (QED) is 0.160. The fourth-order valence-corrected chi connectivity index (χ4v) is 15.0. The molecule has 4 heteroatoms. The third kappa shape index (κ3) is 4.50. The zero-order valence-corrected chi connectivity index (χ0v) is 36.5. The van der Waals surface area contributed by atoms with Gasteiger partial charge in [0.1, 0.15) is 0 Å².